The lowest BCUT2D eigenvalue weighted by atomic mass is 10.2. The van der Waals surface area contributed by atoms with Gasteiger partial charge in [0.2, 0.25) is 5.88 Å². The zero-order chi connectivity index (χ0) is 14.0. The van der Waals surface area contributed by atoms with Gasteiger partial charge >= 0.3 is 5.96 Å². The molecule has 6 nitrogen and oxygen atoms in total. The van der Waals surface area contributed by atoms with Gasteiger partial charge in [0, 0.05) is 17.0 Å². The van der Waals surface area contributed by atoms with Crippen molar-refractivity contribution >= 4 is 22.5 Å². The number of hydrogen-bond donors (Lipinski definition) is 3. The van der Waals surface area contributed by atoms with Crippen LogP contribution in [0.15, 0.2) is 34.5 Å². The SMILES string of the molecule is CC(C)Cn1c(O)c(N=NC(N)=[NH2+])c2ccccc21. The van der Waals surface area contributed by atoms with Gasteiger partial charge in [0.15, 0.2) is 5.69 Å². The predicted octanol–water partition coefficient (Wildman–Crippen LogP) is 1.16. The number of hydrogen-bond acceptors (Lipinski definition) is 2. The number of fused-ring (bicyclic) bond motifs is 1. The first kappa shape index (κ1) is 13.1. The van der Waals surface area contributed by atoms with Crippen LogP contribution in [0.4, 0.5) is 5.69 Å². The van der Waals surface area contributed by atoms with Gasteiger partial charge in [0.05, 0.1) is 5.52 Å². The number of aromatic nitrogens is 1. The Morgan fingerprint density at radius 1 is 1.42 bits per heavy atom. The van der Waals surface area contributed by atoms with Crippen LogP contribution in [0, 0.1) is 5.92 Å². The van der Waals surface area contributed by atoms with Crippen molar-refractivity contribution in [1.29, 1.82) is 0 Å². The van der Waals surface area contributed by atoms with Crippen molar-refractivity contribution in [2.24, 2.45) is 21.9 Å². The van der Waals surface area contributed by atoms with E-state index in [2.05, 4.69) is 24.1 Å². The first-order chi connectivity index (χ1) is 9.00. The second-order valence-corrected chi connectivity index (χ2v) is 4.82. The third-order valence-corrected chi connectivity index (χ3v) is 2.73. The number of nitrogens with zero attached hydrogens (tertiary/aromatic N) is 3. The van der Waals surface area contributed by atoms with E-state index >= 15 is 0 Å². The molecule has 0 fully saturated rings. The summed E-state index contributed by atoms with van der Waals surface area (Å²) in [7, 11) is 0. The molecule has 0 saturated carbocycles. The molecule has 2 aromatic rings. The van der Waals surface area contributed by atoms with Crippen molar-refractivity contribution in [3.05, 3.63) is 24.3 Å². The van der Waals surface area contributed by atoms with Crippen LogP contribution < -0.4 is 11.1 Å². The average Bonchev–Trinajstić information content (AvgIpc) is 2.60. The van der Waals surface area contributed by atoms with E-state index in [9.17, 15) is 5.11 Å². The molecule has 6 heteroatoms. The summed E-state index contributed by atoms with van der Waals surface area (Å²) in [5.41, 5.74) is 6.58. The van der Waals surface area contributed by atoms with Crippen LogP contribution in [-0.4, -0.2) is 15.6 Å². The van der Waals surface area contributed by atoms with E-state index in [-0.39, 0.29) is 11.8 Å². The highest BCUT2D eigenvalue weighted by atomic mass is 16.3. The van der Waals surface area contributed by atoms with Crippen LogP contribution in [0.25, 0.3) is 10.9 Å². The lowest BCUT2D eigenvalue weighted by Crippen LogP contribution is -2.43. The highest BCUT2D eigenvalue weighted by molar-refractivity contribution is 5.95. The highest BCUT2D eigenvalue weighted by Crippen LogP contribution is 2.39. The summed E-state index contributed by atoms with van der Waals surface area (Å²) in [5.74, 6) is 0.345. The lowest BCUT2D eigenvalue weighted by molar-refractivity contribution is -0.117. The molecule has 0 bridgehead atoms. The van der Waals surface area contributed by atoms with Gasteiger partial charge in [-0.05, 0) is 12.0 Å². The molecule has 0 atom stereocenters. The maximum atomic E-state index is 10.3. The molecular formula is C13H18N5O+. The van der Waals surface area contributed by atoms with Crippen LogP contribution in [-0.2, 0) is 6.54 Å². The number of aromatic hydroxyl groups is 1. The summed E-state index contributed by atoms with van der Waals surface area (Å²) >= 11 is 0. The molecule has 5 N–H and O–H groups in total. The number of azo groups is 1. The normalized spacial score (nSPS) is 11.7. The Kier molecular flexibility index (Phi) is 3.50. The average molecular weight is 260 g/mol. The fraction of sp³-hybridized carbons (Fsp3) is 0.308. The van der Waals surface area contributed by atoms with Gasteiger partial charge in [0.1, 0.15) is 0 Å². The van der Waals surface area contributed by atoms with Gasteiger partial charge in [0.25, 0.3) is 0 Å². The van der Waals surface area contributed by atoms with Gasteiger partial charge in [-0.3, -0.25) is 11.1 Å². The van der Waals surface area contributed by atoms with Crippen molar-refractivity contribution in [2.75, 3.05) is 0 Å². The third-order valence-electron chi connectivity index (χ3n) is 2.73. The first-order valence-corrected chi connectivity index (χ1v) is 6.10. The van der Waals surface area contributed by atoms with Crippen LogP contribution in [0.3, 0.4) is 0 Å². The number of benzene rings is 1. The molecule has 0 radical (unpaired) electrons. The Morgan fingerprint density at radius 3 is 2.74 bits per heavy atom. The molecule has 0 spiro atoms. The minimum atomic E-state index is -0.139. The van der Waals surface area contributed by atoms with E-state index in [1.807, 2.05) is 28.8 Å². The van der Waals surface area contributed by atoms with Gasteiger partial charge < -0.3 is 9.67 Å². The van der Waals surface area contributed by atoms with E-state index in [0.717, 1.165) is 10.9 Å². The third kappa shape index (κ3) is 2.57. The number of rotatable bonds is 3. The summed E-state index contributed by atoms with van der Waals surface area (Å²) in [4.78, 5) is 0. The summed E-state index contributed by atoms with van der Waals surface area (Å²) in [6.45, 7) is 4.87. The largest absolute Gasteiger partial charge is 0.493 e. The van der Waals surface area contributed by atoms with Crippen molar-refractivity contribution < 1.29 is 10.5 Å². The number of nitrogens with two attached hydrogens (primary N) is 2. The molecule has 0 aliphatic carbocycles. The van der Waals surface area contributed by atoms with E-state index in [0.29, 0.717) is 18.2 Å². The number of guanidine groups is 1. The Balaban J connectivity index is 2.63. The van der Waals surface area contributed by atoms with Gasteiger partial charge in [-0.25, -0.2) is 0 Å². The first-order valence-electron chi connectivity index (χ1n) is 6.10. The van der Waals surface area contributed by atoms with Crippen molar-refractivity contribution in [2.45, 2.75) is 20.4 Å². The molecule has 1 aromatic heterocycles. The minimum Gasteiger partial charge on any atom is -0.493 e. The van der Waals surface area contributed by atoms with E-state index < -0.39 is 0 Å². The quantitative estimate of drug-likeness (QED) is 0.438. The summed E-state index contributed by atoms with van der Waals surface area (Å²) < 4.78 is 1.82. The van der Waals surface area contributed by atoms with Gasteiger partial charge in [-0.15, -0.1) is 0 Å². The van der Waals surface area contributed by atoms with E-state index in [1.54, 1.807) is 0 Å². The predicted molar refractivity (Wildman–Crippen MR) is 74.1 cm³/mol. The van der Waals surface area contributed by atoms with E-state index in [4.69, 9.17) is 11.1 Å². The Bertz CT molecular complexity index is 642. The Labute approximate surface area is 111 Å². The maximum absolute atomic E-state index is 10.3. The zero-order valence-electron chi connectivity index (χ0n) is 11.0. The molecule has 0 amide bonds. The minimum absolute atomic E-state index is 0.0832. The highest BCUT2D eigenvalue weighted by Gasteiger charge is 2.17. The zero-order valence-corrected chi connectivity index (χ0v) is 11.0. The fourth-order valence-electron chi connectivity index (χ4n) is 2.03. The Hall–Kier alpha value is -2.37. The second kappa shape index (κ2) is 5.09. The van der Waals surface area contributed by atoms with Crippen LogP contribution in [0.1, 0.15) is 13.8 Å². The summed E-state index contributed by atoms with van der Waals surface area (Å²) in [5, 5.41) is 23.9. The maximum Gasteiger partial charge on any atom is 0.403 e. The molecule has 0 unspecified atom stereocenters. The number of para-hydroxylation sites is 1. The molecule has 1 aromatic carbocycles. The molecule has 0 aliphatic rings. The smallest absolute Gasteiger partial charge is 0.403 e. The van der Waals surface area contributed by atoms with Crippen molar-refractivity contribution in [1.82, 2.24) is 4.57 Å². The summed E-state index contributed by atoms with van der Waals surface area (Å²) in [6, 6.07) is 7.62. The van der Waals surface area contributed by atoms with Crippen LogP contribution >= 0.6 is 0 Å². The van der Waals surface area contributed by atoms with Crippen LogP contribution in [0.5, 0.6) is 5.88 Å². The topological polar surface area (TPSA) is 101 Å². The van der Waals surface area contributed by atoms with Crippen LogP contribution in [0.2, 0.25) is 0 Å². The fourth-order valence-corrected chi connectivity index (χ4v) is 2.03. The van der Waals surface area contributed by atoms with Crippen molar-refractivity contribution in [3.63, 3.8) is 0 Å². The van der Waals surface area contributed by atoms with Gasteiger partial charge in [-0.2, -0.15) is 0 Å². The van der Waals surface area contributed by atoms with E-state index in [1.165, 1.54) is 0 Å². The monoisotopic (exact) mass is 260 g/mol. The standard InChI is InChI=1S/C13H17N5O/c1-8(2)7-18-10-6-4-3-5-9(10)11(12(18)19)16-17-13(14)15/h3-6,8,19H,7H2,1-2H3,(H3,14,15)/p+1. The molecule has 0 aliphatic heterocycles. The summed E-state index contributed by atoms with van der Waals surface area (Å²) in [6.07, 6.45) is 0. The van der Waals surface area contributed by atoms with Crippen molar-refractivity contribution in [3.8, 4) is 5.88 Å². The molecule has 2 rings (SSSR count). The molecule has 0 saturated heterocycles. The second-order valence-electron chi connectivity index (χ2n) is 4.82. The Morgan fingerprint density at radius 2 is 2.11 bits per heavy atom. The molecular weight excluding hydrogens is 242 g/mol. The lowest BCUT2D eigenvalue weighted by Gasteiger charge is -2.09. The molecule has 100 valence electrons. The molecule has 19 heavy (non-hydrogen) atoms. The molecule has 1 heterocycles. The van der Waals surface area contributed by atoms with Gasteiger partial charge in [-0.1, -0.05) is 37.2 Å².